The smallest absolute Gasteiger partial charge is 0.261 e. The molecule has 7 nitrogen and oxygen atoms in total. The van der Waals surface area contributed by atoms with E-state index in [1.165, 1.54) is 4.68 Å². The highest BCUT2D eigenvalue weighted by molar-refractivity contribution is 6.30. The number of hydrogen-bond donors (Lipinski definition) is 2. The molecule has 0 atom stereocenters. The van der Waals surface area contributed by atoms with Crippen LogP contribution in [-0.4, -0.2) is 26.8 Å². The summed E-state index contributed by atoms with van der Waals surface area (Å²) in [5, 5.41) is 7.92. The number of nitrogens with two attached hydrogens (primary N) is 1. The van der Waals surface area contributed by atoms with Crippen LogP contribution in [0.5, 0.6) is 0 Å². The second-order valence-corrected chi connectivity index (χ2v) is 7.51. The summed E-state index contributed by atoms with van der Waals surface area (Å²) >= 11 is 5.94. The predicted octanol–water partition coefficient (Wildman–Crippen LogP) is 4.95. The molecule has 0 saturated carbocycles. The third-order valence-electron chi connectivity index (χ3n) is 4.92. The zero-order chi connectivity index (χ0) is 22.1. The van der Waals surface area contributed by atoms with Gasteiger partial charge in [0, 0.05) is 10.7 Å². The van der Waals surface area contributed by atoms with Crippen molar-refractivity contribution >= 4 is 57.4 Å². The van der Waals surface area contributed by atoms with Crippen molar-refractivity contribution in [2.75, 3.05) is 11.1 Å². The number of carbonyl (C=O) groups is 1. The summed E-state index contributed by atoms with van der Waals surface area (Å²) in [5.74, 6) is -0.262. The third-order valence-corrected chi connectivity index (χ3v) is 5.18. The molecule has 0 aliphatic rings. The van der Waals surface area contributed by atoms with Gasteiger partial charge in [-0.1, -0.05) is 54.1 Å². The van der Waals surface area contributed by atoms with Crippen molar-refractivity contribution in [2.24, 2.45) is 5.10 Å². The largest absolute Gasteiger partial charge is 0.383 e. The van der Waals surface area contributed by atoms with E-state index in [1.54, 1.807) is 30.5 Å². The van der Waals surface area contributed by atoms with Crippen LogP contribution >= 0.6 is 11.6 Å². The Bertz CT molecular complexity index is 1480. The SMILES string of the molecule is Nc1c(C(=O)Nc2ccc(Cl)cc2)c2nc3ccccc3nc2n1/N=C/c1ccccc1. The normalized spacial score (nSPS) is 11.4. The number of nitrogens with one attached hydrogen (secondary N) is 1. The van der Waals surface area contributed by atoms with Crippen LogP contribution < -0.4 is 11.1 Å². The molecule has 32 heavy (non-hydrogen) atoms. The van der Waals surface area contributed by atoms with Crippen LogP contribution in [0.25, 0.3) is 22.2 Å². The first-order valence-corrected chi connectivity index (χ1v) is 10.2. The van der Waals surface area contributed by atoms with Gasteiger partial charge in [0.1, 0.15) is 16.9 Å². The Hall–Kier alpha value is -4.23. The van der Waals surface area contributed by atoms with Crippen LogP contribution in [0.15, 0.2) is 84.0 Å². The van der Waals surface area contributed by atoms with E-state index in [0.29, 0.717) is 32.9 Å². The molecular weight excluding hydrogens is 424 g/mol. The van der Waals surface area contributed by atoms with Crippen LogP contribution in [0, 0.1) is 0 Å². The molecule has 5 aromatic rings. The number of rotatable bonds is 4. The fraction of sp³-hybridized carbons (Fsp3) is 0. The molecule has 0 fully saturated rings. The van der Waals surface area contributed by atoms with Crippen LogP contribution in [0.1, 0.15) is 15.9 Å². The molecule has 0 unspecified atom stereocenters. The average molecular weight is 441 g/mol. The van der Waals surface area contributed by atoms with Gasteiger partial charge < -0.3 is 11.1 Å². The van der Waals surface area contributed by atoms with Gasteiger partial charge in [0.25, 0.3) is 5.91 Å². The maximum absolute atomic E-state index is 13.2. The molecule has 0 bridgehead atoms. The van der Waals surface area contributed by atoms with Gasteiger partial charge in [0.15, 0.2) is 5.65 Å². The fourth-order valence-corrected chi connectivity index (χ4v) is 3.50. The van der Waals surface area contributed by atoms with Crippen molar-refractivity contribution in [3.05, 3.63) is 95.0 Å². The number of anilines is 2. The molecule has 156 valence electrons. The van der Waals surface area contributed by atoms with Crippen molar-refractivity contribution in [1.82, 2.24) is 14.6 Å². The molecule has 0 saturated heterocycles. The van der Waals surface area contributed by atoms with Crippen LogP contribution in [0.3, 0.4) is 0 Å². The topological polar surface area (TPSA) is 98.2 Å². The second-order valence-electron chi connectivity index (χ2n) is 7.07. The van der Waals surface area contributed by atoms with E-state index in [-0.39, 0.29) is 11.4 Å². The molecule has 3 N–H and O–H groups in total. The summed E-state index contributed by atoms with van der Waals surface area (Å²) < 4.78 is 1.44. The van der Waals surface area contributed by atoms with Gasteiger partial charge in [-0.2, -0.15) is 9.78 Å². The molecule has 5 rings (SSSR count). The van der Waals surface area contributed by atoms with E-state index in [9.17, 15) is 4.79 Å². The number of nitrogens with zero attached hydrogens (tertiary/aromatic N) is 4. The Balaban J connectivity index is 1.66. The standard InChI is InChI=1S/C24H17ClN6O/c25-16-10-12-17(13-11-16)28-24(32)20-21-23(30-19-9-5-4-8-18(19)29-21)31(22(20)26)27-14-15-6-2-1-3-7-15/h1-14H,26H2,(H,28,32)/b27-14+. The molecule has 8 heteroatoms. The van der Waals surface area contributed by atoms with Crippen LogP contribution in [0.2, 0.25) is 5.02 Å². The molecular formula is C24H17ClN6O. The lowest BCUT2D eigenvalue weighted by Crippen LogP contribution is -2.14. The predicted molar refractivity (Wildman–Crippen MR) is 128 cm³/mol. The van der Waals surface area contributed by atoms with Gasteiger partial charge >= 0.3 is 0 Å². The Morgan fingerprint density at radius 3 is 2.31 bits per heavy atom. The number of nitrogen functional groups attached to an aromatic ring is 1. The average Bonchev–Trinajstić information content (AvgIpc) is 3.08. The molecule has 0 radical (unpaired) electrons. The van der Waals surface area contributed by atoms with E-state index >= 15 is 0 Å². The Morgan fingerprint density at radius 1 is 0.938 bits per heavy atom. The Labute approximate surface area is 188 Å². The first kappa shape index (κ1) is 19.7. The minimum Gasteiger partial charge on any atom is -0.383 e. The highest BCUT2D eigenvalue weighted by Gasteiger charge is 2.24. The number of para-hydroxylation sites is 2. The van der Waals surface area contributed by atoms with Crippen molar-refractivity contribution in [3.8, 4) is 0 Å². The number of hydrogen-bond acceptors (Lipinski definition) is 5. The maximum Gasteiger partial charge on any atom is 0.261 e. The highest BCUT2D eigenvalue weighted by Crippen LogP contribution is 2.28. The summed E-state index contributed by atoms with van der Waals surface area (Å²) in [7, 11) is 0. The van der Waals surface area contributed by atoms with E-state index in [2.05, 4.69) is 20.4 Å². The molecule has 0 aliphatic carbocycles. The van der Waals surface area contributed by atoms with Gasteiger partial charge in [-0.3, -0.25) is 4.79 Å². The number of aromatic nitrogens is 3. The van der Waals surface area contributed by atoms with Crippen molar-refractivity contribution < 1.29 is 4.79 Å². The highest BCUT2D eigenvalue weighted by atomic mass is 35.5. The minimum absolute atomic E-state index is 0.147. The Kier molecular flexibility index (Phi) is 5.01. The lowest BCUT2D eigenvalue weighted by molar-refractivity contribution is 0.102. The zero-order valence-electron chi connectivity index (χ0n) is 16.7. The van der Waals surface area contributed by atoms with E-state index in [4.69, 9.17) is 17.3 Å². The van der Waals surface area contributed by atoms with Crippen LogP contribution in [-0.2, 0) is 0 Å². The van der Waals surface area contributed by atoms with Gasteiger partial charge in [-0.05, 0) is 42.0 Å². The lowest BCUT2D eigenvalue weighted by Gasteiger charge is -2.05. The molecule has 1 amide bonds. The molecule has 2 aromatic heterocycles. The monoisotopic (exact) mass is 440 g/mol. The van der Waals surface area contributed by atoms with Gasteiger partial charge in [-0.25, -0.2) is 9.97 Å². The summed E-state index contributed by atoms with van der Waals surface area (Å²) in [6.45, 7) is 0. The Morgan fingerprint density at radius 2 is 1.59 bits per heavy atom. The molecule has 3 aromatic carbocycles. The minimum atomic E-state index is -0.409. The van der Waals surface area contributed by atoms with Gasteiger partial charge in [-0.15, -0.1) is 0 Å². The third kappa shape index (κ3) is 3.66. The lowest BCUT2D eigenvalue weighted by atomic mass is 10.2. The number of carbonyl (C=O) groups excluding carboxylic acids is 1. The van der Waals surface area contributed by atoms with E-state index in [1.807, 2.05) is 54.6 Å². The van der Waals surface area contributed by atoms with Gasteiger partial charge in [0.2, 0.25) is 0 Å². The first-order chi connectivity index (χ1) is 15.6. The summed E-state index contributed by atoms with van der Waals surface area (Å²) in [5.41, 5.74) is 10.2. The number of halogens is 1. The summed E-state index contributed by atoms with van der Waals surface area (Å²) in [4.78, 5) is 22.6. The van der Waals surface area contributed by atoms with E-state index < -0.39 is 5.91 Å². The first-order valence-electron chi connectivity index (χ1n) is 9.83. The summed E-state index contributed by atoms with van der Waals surface area (Å²) in [6, 6.07) is 23.8. The van der Waals surface area contributed by atoms with E-state index in [0.717, 1.165) is 5.56 Å². The quantitative estimate of drug-likeness (QED) is 0.386. The fourth-order valence-electron chi connectivity index (χ4n) is 3.38. The molecule has 0 aliphatic heterocycles. The maximum atomic E-state index is 13.2. The zero-order valence-corrected chi connectivity index (χ0v) is 17.5. The number of fused-ring (bicyclic) bond motifs is 2. The number of amides is 1. The van der Waals surface area contributed by atoms with Gasteiger partial charge in [0.05, 0.1) is 17.2 Å². The summed E-state index contributed by atoms with van der Waals surface area (Å²) in [6.07, 6.45) is 1.66. The molecule has 2 heterocycles. The van der Waals surface area contributed by atoms with Crippen molar-refractivity contribution in [2.45, 2.75) is 0 Å². The van der Waals surface area contributed by atoms with Crippen molar-refractivity contribution in [3.63, 3.8) is 0 Å². The second kappa shape index (κ2) is 8.13. The van der Waals surface area contributed by atoms with Crippen LogP contribution in [0.4, 0.5) is 11.5 Å². The van der Waals surface area contributed by atoms with Crippen molar-refractivity contribution in [1.29, 1.82) is 0 Å². The number of benzene rings is 3. The molecule has 0 spiro atoms.